The molecule has 5 heteroatoms. The van der Waals surface area contributed by atoms with Crippen LogP contribution in [-0.2, 0) is 6.54 Å². The van der Waals surface area contributed by atoms with Crippen molar-refractivity contribution in [2.24, 2.45) is 5.92 Å². The summed E-state index contributed by atoms with van der Waals surface area (Å²) >= 11 is 11.3. The van der Waals surface area contributed by atoms with Crippen molar-refractivity contribution in [3.8, 4) is 0 Å². The third-order valence-corrected chi connectivity index (χ3v) is 2.23. The molecule has 72 valence electrons. The number of aromatic nitrogens is 2. The quantitative estimate of drug-likeness (QED) is 0.767. The predicted octanol–water partition coefficient (Wildman–Crippen LogP) is 2.21. The van der Waals surface area contributed by atoms with Crippen LogP contribution in [-0.4, -0.2) is 9.78 Å². The molecule has 1 aromatic heterocycles. The highest BCUT2D eigenvalue weighted by Crippen LogP contribution is 2.14. The lowest BCUT2D eigenvalue weighted by atomic mass is 10.2. The summed E-state index contributed by atoms with van der Waals surface area (Å²) in [6.45, 7) is 4.54. The zero-order valence-electron chi connectivity index (χ0n) is 7.42. The highest BCUT2D eigenvalue weighted by molar-refractivity contribution is 6.41. The predicted molar refractivity (Wildman–Crippen MR) is 53.4 cm³/mol. The van der Waals surface area contributed by atoms with Gasteiger partial charge in [-0.1, -0.05) is 37.0 Å². The van der Waals surface area contributed by atoms with E-state index in [0.29, 0.717) is 12.5 Å². The van der Waals surface area contributed by atoms with Crippen LogP contribution < -0.4 is 5.56 Å². The van der Waals surface area contributed by atoms with Crippen molar-refractivity contribution in [1.82, 2.24) is 9.78 Å². The van der Waals surface area contributed by atoms with Crippen molar-refractivity contribution in [2.75, 3.05) is 0 Å². The lowest BCUT2D eigenvalue weighted by Crippen LogP contribution is -2.25. The lowest BCUT2D eigenvalue weighted by Gasteiger charge is -2.07. The first kappa shape index (κ1) is 10.5. The van der Waals surface area contributed by atoms with Crippen molar-refractivity contribution >= 4 is 23.2 Å². The zero-order valence-corrected chi connectivity index (χ0v) is 8.93. The molecule has 0 bridgehead atoms. The molecule has 0 aromatic carbocycles. The molecular formula is C8H10Cl2N2O. The number of rotatable bonds is 2. The van der Waals surface area contributed by atoms with Gasteiger partial charge in [0.25, 0.3) is 5.56 Å². The highest BCUT2D eigenvalue weighted by Gasteiger charge is 2.07. The van der Waals surface area contributed by atoms with Crippen molar-refractivity contribution in [3.05, 3.63) is 26.6 Å². The molecule has 0 fully saturated rings. The molecule has 0 aliphatic rings. The Hall–Kier alpha value is -0.540. The van der Waals surface area contributed by atoms with Gasteiger partial charge in [-0.15, -0.1) is 0 Å². The second kappa shape index (κ2) is 4.11. The number of hydrogen-bond donors (Lipinski definition) is 0. The van der Waals surface area contributed by atoms with Crippen LogP contribution in [0.25, 0.3) is 0 Å². The van der Waals surface area contributed by atoms with E-state index in [0.717, 1.165) is 0 Å². The maximum absolute atomic E-state index is 11.4. The normalized spacial score (nSPS) is 10.8. The Balaban J connectivity index is 3.12. The Bertz CT molecular complexity index is 360. The molecular weight excluding hydrogens is 211 g/mol. The van der Waals surface area contributed by atoms with Crippen LogP contribution in [0.1, 0.15) is 13.8 Å². The maximum Gasteiger partial charge on any atom is 0.287 e. The summed E-state index contributed by atoms with van der Waals surface area (Å²) in [6, 6.07) is 0. The first-order valence-electron chi connectivity index (χ1n) is 3.93. The van der Waals surface area contributed by atoms with Gasteiger partial charge in [0.15, 0.2) is 0 Å². The molecule has 1 rings (SSSR count). The van der Waals surface area contributed by atoms with Crippen molar-refractivity contribution in [1.29, 1.82) is 0 Å². The molecule has 3 nitrogen and oxygen atoms in total. The minimum absolute atomic E-state index is 0.0392. The van der Waals surface area contributed by atoms with Gasteiger partial charge in [-0.25, -0.2) is 4.68 Å². The molecule has 0 N–H and O–H groups in total. The number of hydrogen-bond acceptors (Lipinski definition) is 2. The molecule has 0 atom stereocenters. The fraction of sp³-hybridized carbons (Fsp3) is 0.500. The van der Waals surface area contributed by atoms with Gasteiger partial charge in [0.2, 0.25) is 0 Å². The SMILES string of the molecule is CC(C)Cn1ncc(Cl)c(Cl)c1=O. The van der Waals surface area contributed by atoms with E-state index in [1.807, 2.05) is 13.8 Å². The van der Waals surface area contributed by atoms with Crippen LogP contribution in [0.5, 0.6) is 0 Å². The third-order valence-electron chi connectivity index (χ3n) is 1.48. The monoisotopic (exact) mass is 220 g/mol. The lowest BCUT2D eigenvalue weighted by molar-refractivity contribution is 0.464. The Morgan fingerprint density at radius 1 is 1.54 bits per heavy atom. The molecule has 1 aromatic rings. The standard InChI is InChI=1S/C8H10Cl2N2O/c1-5(2)4-12-8(13)7(10)6(9)3-11-12/h3,5H,4H2,1-2H3. The molecule has 0 aliphatic carbocycles. The fourth-order valence-electron chi connectivity index (χ4n) is 0.921. The first-order valence-corrected chi connectivity index (χ1v) is 4.69. The smallest absolute Gasteiger partial charge is 0.266 e. The molecule has 0 spiro atoms. The molecule has 0 amide bonds. The van der Waals surface area contributed by atoms with Gasteiger partial charge in [-0.2, -0.15) is 5.10 Å². The van der Waals surface area contributed by atoms with E-state index in [4.69, 9.17) is 23.2 Å². The summed E-state index contributed by atoms with van der Waals surface area (Å²) in [5.41, 5.74) is -0.331. The van der Waals surface area contributed by atoms with Crippen LogP contribution in [0.4, 0.5) is 0 Å². The van der Waals surface area contributed by atoms with Crippen LogP contribution in [0, 0.1) is 5.92 Å². The molecule has 0 unspecified atom stereocenters. The number of halogens is 2. The van der Waals surface area contributed by atoms with E-state index in [1.54, 1.807) is 0 Å². The van der Waals surface area contributed by atoms with Crippen molar-refractivity contribution in [2.45, 2.75) is 20.4 Å². The molecule has 1 heterocycles. The van der Waals surface area contributed by atoms with E-state index in [2.05, 4.69) is 5.10 Å². The minimum atomic E-state index is -0.331. The summed E-state index contributed by atoms with van der Waals surface area (Å²) in [7, 11) is 0. The number of nitrogens with zero attached hydrogens (tertiary/aromatic N) is 2. The van der Waals surface area contributed by atoms with Crippen molar-refractivity contribution < 1.29 is 0 Å². The minimum Gasteiger partial charge on any atom is -0.266 e. The summed E-state index contributed by atoms with van der Waals surface area (Å²) in [5, 5.41) is 4.11. The second-order valence-corrected chi connectivity index (χ2v) is 3.97. The summed E-state index contributed by atoms with van der Waals surface area (Å²) < 4.78 is 1.32. The molecule has 0 aliphatic heterocycles. The molecule has 0 radical (unpaired) electrons. The van der Waals surface area contributed by atoms with Gasteiger partial charge in [0.05, 0.1) is 11.2 Å². The summed E-state index contributed by atoms with van der Waals surface area (Å²) in [6.07, 6.45) is 1.38. The van der Waals surface area contributed by atoms with Gasteiger partial charge < -0.3 is 0 Å². The zero-order chi connectivity index (χ0) is 10.0. The van der Waals surface area contributed by atoms with Gasteiger partial charge in [0.1, 0.15) is 5.02 Å². The third kappa shape index (κ3) is 2.45. The molecule has 13 heavy (non-hydrogen) atoms. The fourth-order valence-corrected chi connectivity index (χ4v) is 1.19. The van der Waals surface area contributed by atoms with Gasteiger partial charge in [0, 0.05) is 6.54 Å². The molecule has 0 saturated heterocycles. The van der Waals surface area contributed by atoms with E-state index >= 15 is 0 Å². The van der Waals surface area contributed by atoms with E-state index in [1.165, 1.54) is 10.9 Å². The Morgan fingerprint density at radius 3 is 2.69 bits per heavy atom. The van der Waals surface area contributed by atoms with Crippen molar-refractivity contribution in [3.63, 3.8) is 0 Å². The average molecular weight is 221 g/mol. The van der Waals surface area contributed by atoms with Crippen LogP contribution in [0.3, 0.4) is 0 Å². The highest BCUT2D eigenvalue weighted by atomic mass is 35.5. The van der Waals surface area contributed by atoms with Crippen LogP contribution >= 0.6 is 23.2 Å². The maximum atomic E-state index is 11.4. The Morgan fingerprint density at radius 2 is 2.15 bits per heavy atom. The second-order valence-electron chi connectivity index (χ2n) is 3.19. The Labute approximate surface area is 86.3 Å². The van der Waals surface area contributed by atoms with E-state index < -0.39 is 0 Å². The van der Waals surface area contributed by atoms with Gasteiger partial charge in [-0.3, -0.25) is 4.79 Å². The summed E-state index contributed by atoms with van der Waals surface area (Å²) in [5.74, 6) is 0.349. The average Bonchev–Trinajstić information content (AvgIpc) is 2.06. The first-order chi connectivity index (χ1) is 6.02. The topological polar surface area (TPSA) is 34.9 Å². The van der Waals surface area contributed by atoms with E-state index in [9.17, 15) is 4.79 Å². The van der Waals surface area contributed by atoms with Gasteiger partial charge >= 0.3 is 0 Å². The van der Waals surface area contributed by atoms with Crippen LogP contribution in [0.15, 0.2) is 11.0 Å². The summed E-state index contributed by atoms with van der Waals surface area (Å²) in [4.78, 5) is 11.4. The van der Waals surface area contributed by atoms with E-state index in [-0.39, 0.29) is 15.6 Å². The van der Waals surface area contributed by atoms with Crippen LogP contribution in [0.2, 0.25) is 10.0 Å². The van der Waals surface area contributed by atoms with Gasteiger partial charge in [-0.05, 0) is 5.92 Å². The Kier molecular flexibility index (Phi) is 3.33. The largest absolute Gasteiger partial charge is 0.287 e. The molecule has 0 saturated carbocycles.